The Labute approximate surface area is 189 Å². The van der Waals surface area contributed by atoms with Crippen LogP contribution in [-0.4, -0.2) is 28.5 Å². The molecule has 0 radical (unpaired) electrons. The number of halogens is 3. The van der Waals surface area contributed by atoms with Crippen molar-refractivity contribution in [3.05, 3.63) is 89.5 Å². The molecule has 0 aliphatic heterocycles. The lowest BCUT2D eigenvalue weighted by molar-refractivity contribution is -0.138. The van der Waals surface area contributed by atoms with Gasteiger partial charge in [-0.1, -0.05) is 24.3 Å². The zero-order valence-electron chi connectivity index (χ0n) is 17.7. The number of methoxy groups -OCH3 is 1. The van der Waals surface area contributed by atoms with Gasteiger partial charge in [0.2, 0.25) is 0 Å². The van der Waals surface area contributed by atoms with Gasteiger partial charge in [0, 0.05) is 12.6 Å². The molecular weight excluding hydrogens is 459 g/mol. The molecule has 0 saturated heterocycles. The van der Waals surface area contributed by atoms with E-state index in [0.29, 0.717) is 11.4 Å². The number of esters is 1. The Hall–Kier alpha value is -3.53. The highest BCUT2D eigenvalue weighted by Crippen LogP contribution is 2.32. The fourth-order valence-corrected chi connectivity index (χ4v) is 4.26. The third-order valence-corrected chi connectivity index (χ3v) is 6.63. The van der Waals surface area contributed by atoms with Crippen LogP contribution in [0.5, 0.6) is 5.75 Å². The second-order valence-electron chi connectivity index (χ2n) is 6.93. The van der Waals surface area contributed by atoms with Gasteiger partial charge in [0.05, 0.1) is 28.8 Å². The summed E-state index contributed by atoms with van der Waals surface area (Å²) in [5.41, 5.74) is -0.854. The van der Waals surface area contributed by atoms with Crippen LogP contribution in [0.3, 0.4) is 0 Å². The monoisotopic (exact) mass is 479 g/mol. The van der Waals surface area contributed by atoms with Crippen molar-refractivity contribution >= 4 is 21.7 Å². The van der Waals surface area contributed by atoms with E-state index in [9.17, 15) is 26.4 Å². The van der Waals surface area contributed by atoms with E-state index < -0.39 is 34.3 Å². The predicted octanol–water partition coefficient (Wildman–Crippen LogP) is 4.90. The minimum atomic E-state index is -4.59. The van der Waals surface area contributed by atoms with Crippen LogP contribution in [0.1, 0.15) is 21.5 Å². The summed E-state index contributed by atoms with van der Waals surface area (Å²) in [6.07, 6.45) is -4.59. The van der Waals surface area contributed by atoms with E-state index in [1.165, 1.54) is 50.6 Å². The Morgan fingerprint density at radius 1 is 0.970 bits per heavy atom. The van der Waals surface area contributed by atoms with Crippen LogP contribution in [0.4, 0.5) is 18.9 Å². The number of ether oxygens (including phenoxy) is 2. The minimum absolute atomic E-state index is 0.108. The van der Waals surface area contributed by atoms with Crippen LogP contribution < -0.4 is 9.04 Å². The lowest BCUT2D eigenvalue weighted by Crippen LogP contribution is -2.26. The van der Waals surface area contributed by atoms with E-state index in [1.807, 2.05) is 0 Å². The van der Waals surface area contributed by atoms with Crippen molar-refractivity contribution in [3.63, 3.8) is 0 Å². The molecule has 6 nitrogen and oxygen atoms in total. The number of hydrogen-bond donors (Lipinski definition) is 0. The number of rotatable bonds is 7. The summed E-state index contributed by atoms with van der Waals surface area (Å²) >= 11 is 0. The van der Waals surface area contributed by atoms with Crippen LogP contribution in [0, 0.1) is 0 Å². The van der Waals surface area contributed by atoms with Gasteiger partial charge in [-0.05, 0) is 48.5 Å². The molecule has 33 heavy (non-hydrogen) atoms. The minimum Gasteiger partial charge on any atom is -0.497 e. The first kappa shape index (κ1) is 24.1. The van der Waals surface area contributed by atoms with Crippen LogP contribution in [0.2, 0.25) is 0 Å². The molecule has 0 aliphatic rings. The van der Waals surface area contributed by atoms with E-state index in [2.05, 4.69) is 0 Å². The number of alkyl halides is 3. The van der Waals surface area contributed by atoms with E-state index in [4.69, 9.17) is 9.47 Å². The third kappa shape index (κ3) is 5.46. The standard InChI is InChI=1S/C23H20F3NO5S/c1-27(18-10-12-19(31-2)13-11-18)33(29,30)20-8-5-7-16(14-20)22(28)32-15-17-6-3-4-9-21(17)23(24,25)26/h3-14H,15H2,1-2H3. The highest BCUT2D eigenvalue weighted by atomic mass is 32.2. The van der Waals surface area contributed by atoms with Gasteiger partial charge in [0.25, 0.3) is 10.0 Å². The number of carbonyl (C=O) groups is 1. The molecule has 3 aromatic carbocycles. The Kier molecular flexibility index (Phi) is 6.97. The number of nitrogens with zero attached hydrogens (tertiary/aromatic N) is 1. The topological polar surface area (TPSA) is 72.9 Å². The zero-order valence-corrected chi connectivity index (χ0v) is 18.5. The van der Waals surface area contributed by atoms with Crippen LogP contribution in [0.25, 0.3) is 0 Å². The summed E-state index contributed by atoms with van der Waals surface area (Å²) in [5, 5.41) is 0. The molecule has 0 bridgehead atoms. The predicted molar refractivity (Wildman–Crippen MR) is 116 cm³/mol. The lowest BCUT2D eigenvalue weighted by Gasteiger charge is -2.20. The molecule has 0 amide bonds. The van der Waals surface area contributed by atoms with Crippen molar-refractivity contribution in [2.24, 2.45) is 0 Å². The molecule has 0 saturated carbocycles. The Balaban J connectivity index is 1.79. The van der Waals surface area contributed by atoms with Crippen molar-refractivity contribution in [1.29, 1.82) is 0 Å². The Morgan fingerprint density at radius 2 is 1.64 bits per heavy atom. The molecular formula is C23H20F3NO5S. The molecule has 0 spiro atoms. The van der Waals surface area contributed by atoms with E-state index in [0.717, 1.165) is 16.4 Å². The smallest absolute Gasteiger partial charge is 0.416 e. The van der Waals surface area contributed by atoms with Crippen molar-refractivity contribution in [1.82, 2.24) is 0 Å². The van der Waals surface area contributed by atoms with Gasteiger partial charge < -0.3 is 9.47 Å². The van der Waals surface area contributed by atoms with E-state index in [1.54, 1.807) is 24.3 Å². The highest BCUT2D eigenvalue weighted by molar-refractivity contribution is 7.92. The first-order valence-corrected chi connectivity index (χ1v) is 11.0. The molecule has 3 aromatic rings. The number of carbonyl (C=O) groups excluding carboxylic acids is 1. The van der Waals surface area contributed by atoms with Gasteiger partial charge in [0.1, 0.15) is 12.4 Å². The summed E-state index contributed by atoms with van der Waals surface area (Å²) < 4.78 is 76.5. The van der Waals surface area contributed by atoms with Gasteiger partial charge in [0.15, 0.2) is 0 Å². The molecule has 0 N–H and O–H groups in total. The van der Waals surface area contributed by atoms with Crippen molar-refractivity contribution in [2.45, 2.75) is 17.7 Å². The lowest BCUT2D eigenvalue weighted by atomic mass is 10.1. The molecule has 0 aliphatic carbocycles. The molecule has 10 heteroatoms. The van der Waals surface area contributed by atoms with Gasteiger partial charge in [-0.3, -0.25) is 4.31 Å². The van der Waals surface area contributed by atoms with Gasteiger partial charge in [-0.25, -0.2) is 13.2 Å². The Bertz CT molecular complexity index is 1240. The van der Waals surface area contributed by atoms with Crippen molar-refractivity contribution < 1.29 is 35.9 Å². The summed E-state index contributed by atoms with van der Waals surface area (Å²) in [5.74, 6) is -0.391. The fourth-order valence-electron chi connectivity index (χ4n) is 3.02. The average Bonchev–Trinajstić information content (AvgIpc) is 2.81. The van der Waals surface area contributed by atoms with Crippen LogP contribution >= 0.6 is 0 Å². The van der Waals surface area contributed by atoms with Crippen LogP contribution in [-0.2, 0) is 27.5 Å². The van der Waals surface area contributed by atoms with E-state index >= 15 is 0 Å². The summed E-state index contributed by atoms with van der Waals surface area (Å²) in [7, 11) is -1.18. The maximum atomic E-state index is 13.1. The summed E-state index contributed by atoms with van der Waals surface area (Å²) in [6, 6.07) is 16.2. The van der Waals surface area contributed by atoms with E-state index in [-0.39, 0.29) is 16.0 Å². The molecule has 0 fully saturated rings. The van der Waals surface area contributed by atoms with Crippen molar-refractivity contribution in [3.8, 4) is 5.75 Å². The number of benzene rings is 3. The van der Waals surface area contributed by atoms with Crippen molar-refractivity contribution in [2.75, 3.05) is 18.5 Å². The number of sulfonamides is 1. The van der Waals surface area contributed by atoms with Gasteiger partial charge in [-0.15, -0.1) is 0 Å². The first-order valence-electron chi connectivity index (χ1n) is 9.59. The maximum Gasteiger partial charge on any atom is 0.416 e. The average molecular weight is 479 g/mol. The summed E-state index contributed by atoms with van der Waals surface area (Å²) in [4.78, 5) is 12.3. The first-order chi connectivity index (χ1) is 15.5. The molecule has 0 aromatic heterocycles. The van der Waals surface area contributed by atoms with Crippen LogP contribution in [0.15, 0.2) is 77.7 Å². The molecule has 3 rings (SSSR count). The normalized spacial score (nSPS) is 11.7. The molecule has 0 atom stereocenters. The van der Waals surface area contributed by atoms with Gasteiger partial charge in [-0.2, -0.15) is 13.2 Å². The zero-order chi connectivity index (χ0) is 24.2. The number of hydrogen-bond acceptors (Lipinski definition) is 5. The third-order valence-electron chi connectivity index (χ3n) is 4.85. The highest BCUT2D eigenvalue weighted by Gasteiger charge is 2.33. The van der Waals surface area contributed by atoms with Gasteiger partial charge >= 0.3 is 12.1 Å². The quantitative estimate of drug-likeness (QED) is 0.451. The maximum absolute atomic E-state index is 13.1. The largest absolute Gasteiger partial charge is 0.497 e. The number of anilines is 1. The molecule has 0 heterocycles. The second kappa shape index (κ2) is 9.53. The summed E-state index contributed by atoms with van der Waals surface area (Å²) in [6.45, 7) is -0.614. The molecule has 174 valence electrons. The fraction of sp³-hybridized carbons (Fsp3) is 0.174. The molecule has 0 unspecified atom stereocenters. The second-order valence-corrected chi connectivity index (χ2v) is 8.90. The SMILES string of the molecule is COc1ccc(N(C)S(=O)(=O)c2cccc(C(=O)OCc3ccccc3C(F)(F)F)c2)cc1. The Morgan fingerprint density at radius 3 is 2.27 bits per heavy atom.